The second kappa shape index (κ2) is 6.08. The summed E-state index contributed by atoms with van der Waals surface area (Å²) >= 11 is 0. The summed E-state index contributed by atoms with van der Waals surface area (Å²) in [7, 11) is 0. The van der Waals surface area contributed by atoms with E-state index in [-0.39, 0.29) is 6.03 Å². The van der Waals surface area contributed by atoms with Gasteiger partial charge in [-0.3, -0.25) is 0 Å². The van der Waals surface area contributed by atoms with Gasteiger partial charge >= 0.3 is 6.03 Å². The third-order valence-corrected chi connectivity index (χ3v) is 5.99. The molecule has 0 spiro atoms. The number of urea groups is 1. The van der Waals surface area contributed by atoms with E-state index in [0.29, 0.717) is 12.1 Å². The van der Waals surface area contributed by atoms with E-state index in [4.69, 9.17) is 0 Å². The topological polar surface area (TPSA) is 62.5 Å². The van der Waals surface area contributed by atoms with Crippen molar-refractivity contribution in [2.45, 2.75) is 45.2 Å². The van der Waals surface area contributed by atoms with Crippen molar-refractivity contribution in [3.63, 3.8) is 0 Å². The molecule has 2 amide bonds. The minimum atomic E-state index is 0.0321. The summed E-state index contributed by atoms with van der Waals surface area (Å²) < 4.78 is 1.77. The number of hydrogen-bond donors (Lipinski definition) is 1. The molecule has 3 aromatic rings. The largest absolute Gasteiger partial charge is 0.322 e. The van der Waals surface area contributed by atoms with Crippen molar-refractivity contribution < 1.29 is 4.79 Å². The zero-order valence-electron chi connectivity index (χ0n) is 15.6. The second-order valence-electron chi connectivity index (χ2n) is 7.97. The standard InChI is InChI=1S/C21H23N5O/c1-13-7-17-10-18(8-13)26(17)21(27)24-16-5-3-14(2)19(9-16)15-4-6-20-22-12-23-25(20)11-15/h3-6,9,11-13,17-18H,7-8,10H2,1-2H3,(H,24,27). The van der Waals surface area contributed by atoms with Gasteiger partial charge in [-0.05, 0) is 67.5 Å². The quantitative estimate of drug-likeness (QED) is 0.747. The molecule has 2 aromatic heterocycles. The number of carbonyl (C=O) groups excluding carboxylic acids is 1. The molecule has 4 heterocycles. The fourth-order valence-electron chi connectivity index (χ4n) is 4.65. The number of aromatic nitrogens is 3. The molecule has 6 heteroatoms. The van der Waals surface area contributed by atoms with Crippen LogP contribution >= 0.6 is 0 Å². The molecule has 2 aliphatic heterocycles. The molecule has 1 N–H and O–H groups in total. The molecule has 2 atom stereocenters. The van der Waals surface area contributed by atoms with Crippen LogP contribution in [0.25, 0.3) is 16.8 Å². The molecule has 2 fully saturated rings. The average molecular weight is 361 g/mol. The molecular formula is C21H23N5O. The van der Waals surface area contributed by atoms with Crippen LogP contribution in [-0.4, -0.2) is 37.6 Å². The van der Waals surface area contributed by atoms with Gasteiger partial charge in [0.2, 0.25) is 0 Å². The van der Waals surface area contributed by atoms with E-state index < -0.39 is 0 Å². The Balaban J connectivity index is 1.39. The predicted octanol–water partition coefficient (Wildman–Crippen LogP) is 4.11. The smallest absolute Gasteiger partial charge is 0.318 e. The van der Waals surface area contributed by atoms with Crippen LogP contribution in [0.15, 0.2) is 42.9 Å². The number of fused-ring (bicyclic) bond motifs is 3. The maximum Gasteiger partial charge on any atom is 0.322 e. The molecule has 2 aliphatic rings. The Bertz CT molecular complexity index is 1010. The summed E-state index contributed by atoms with van der Waals surface area (Å²) in [5.74, 6) is 0.732. The van der Waals surface area contributed by atoms with Crippen LogP contribution in [0.3, 0.4) is 0 Å². The predicted molar refractivity (Wildman–Crippen MR) is 105 cm³/mol. The maximum atomic E-state index is 12.8. The van der Waals surface area contributed by atoms with Crippen LogP contribution in [0.1, 0.15) is 31.7 Å². The summed E-state index contributed by atoms with van der Waals surface area (Å²) in [5, 5.41) is 7.32. The number of pyridine rings is 1. The Hall–Kier alpha value is -2.89. The summed E-state index contributed by atoms with van der Waals surface area (Å²) in [4.78, 5) is 19.0. The van der Waals surface area contributed by atoms with E-state index in [1.165, 1.54) is 0 Å². The fourth-order valence-corrected chi connectivity index (χ4v) is 4.65. The number of benzene rings is 1. The molecule has 0 aliphatic carbocycles. The lowest BCUT2D eigenvalue weighted by atomic mass is 9.74. The van der Waals surface area contributed by atoms with E-state index in [1.807, 2.05) is 35.4 Å². The number of amides is 2. The third kappa shape index (κ3) is 2.76. The first-order chi connectivity index (χ1) is 13.1. The van der Waals surface area contributed by atoms with Crippen molar-refractivity contribution in [1.29, 1.82) is 0 Å². The summed E-state index contributed by atoms with van der Waals surface area (Å²) in [6.07, 6.45) is 6.93. The first-order valence-electron chi connectivity index (χ1n) is 9.58. The van der Waals surface area contributed by atoms with Crippen LogP contribution in [0, 0.1) is 12.8 Å². The Labute approximate surface area is 158 Å². The third-order valence-electron chi connectivity index (χ3n) is 5.99. The average Bonchev–Trinajstić information content (AvgIpc) is 3.10. The first kappa shape index (κ1) is 16.3. The van der Waals surface area contributed by atoms with Crippen molar-refractivity contribution >= 4 is 17.4 Å². The molecule has 0 radical (unpaired) electrons. The minimum absolute atomic E-state index is 0.0321. The van der Waals surface area contributed by atoms with E-state index >= 15 is 0 Å². The lowest BCUT2D eigenvalue weighted by molar-refractivity contribution is -0.00600. The lowest BCUT2D eigenvalue weighted by Crippen LogP contribution is -2.63. The number of anilines is 1. The SMILES string of the molecule is Cc1ccc(NC(=O)N2C3CC(C)CC2C3)cc1-c1ccc2ncnn2c1. The maximum absolute atomic E-state index is 12.8. The van der Waals surface area contributed by atoms with E-state index in [0.717, 1.165) is 53.2 Å². The highest BCUT2D eigenvalue weighted by Gasteiger charge is 2.46. The van der Waals surface area contributed by atoms with Gasteiger partial charge < -0.3 is 10.2 Å². The van der Waals surface area contributed by atoms with Gasteiger partial charge in [-0.15, -0.1) is 0 Å². The Morgan fingerprint density at radius 2 is 1.96 bits per heavy atom. The number of aryl methyl sites for hydroxylation is 1. The van der Waals surface area contributed by atoms with E-state index in [2.05, 4.69) is 35.3 Å². The van der Waals surface area contributed by atoms with Crippen molar-refractivity contribution in [3.05, 3.63) is 48.4 Å². The molecular weight excluding hydrogens is 338 g/mol. The summed E-state index contributed by atoms with van der Waals surface area (Å²) in [6, 6.07) is 10.9. The molecule has 138 valence electrons. The second-order valence-corrected chi connectivity index (χ2v) is 7.97. The normalized spacial score (nSPS) is 23.9. The summed E-state index contributed by atoms with van der Waals surface area (Å²) in [5.41, 5.74) is 4.94. The number of piperidine rings is 1. The number of hydrogen-bond acceptors (Lipinski definition) is 3. The van der Waals surface area contributed by atoms with Crippen LogP contribution in [0.5, 0.6) is 0 Å². The van der Waals surface area contributed by atoms with Gasteiger partial charge in [0.25, 0.3) is 0 Å². The molecule has 2 saturated heterocycles. The molecule has 5 rings (SSSR count). The fraction of sp³-hybridized carbons (Fsp3) is 0.381. The number of rotatable bonds is 2. The Kier molecular flexibility index (Phi) is 3.67. The van der Waals surface area contributed by atoms with Gasteiger partial charge in [0.15, 0.2) is 5.65 Å². The first-order valence-corrected chi connectivity index (χ1v) is 9.58. The number of carbonyl (C=O) groups is 1. The van der Waals surface area contributed by atoms with E-state index in [9.17, 15) is 4.79 Å². The highest BCUT2D eigenvalue weighted by Crippen LogP contribution is 2.41. The number of nitrogens with one attached hydrogen (secondary N) is 1. The van der Waals surface area contributed by atoms with Crippen LogP contribution in [0.4, 0.5) is 10.5 Å². The Morgan fingerprint density at radius 1 is 1.15 bits per heavy atom. The highest BCUT2D eigenvalue weighted by atomic mass is 16.2. The van der Waals surface area contributed by atoms with Crippen molar-refractivity contribution in [1.82, 2.24) is 19.5 Å². The molecule has 1 aromatic carbocycles. The summed E-state index contributed by atoms with van der Waals surface area (Å²) in [6.45, 7) is 4.36. The molecule has 6 nitrogen and oxygen atoms in total. The van der Waals surface area contributed by atoms with E-state index in [1.54, 1.807) is 10.8 Å². The van der Waals surface area contributed by atoms with Crippen molar-refractivity contribution in [2.24, 2.45) is 5.92 Å². The van der Waals surface area contributed by atoms with Gasteiger partial charge in [0.05, 0.1) is 0 Å². The van der Waals surface area contributed by atoms with Crippen LogP contribution < -0.4 is 5.32 Å². The van der Waals surface area contributed by atoms with Gasteiger partial charge in [0, 0.05) is 29.5 Å². The molecule has 27 heavy (non-hydrogen) atoms. The zero-order chi connectivity index (χ0) is 18.5. The number of nitrogens with zero attached hydrogens (tertiary/aromatic N) is 4. The van der Waals surface area contributed by atoms with Crippen LogP contribution in [0.2, 0.25) is 0 Å². The zero-order valence-corrected chi connectivity index (χ0v) is 15.6. The van der Waals surface area contributed by atoms with Gasteiger partial charge in [-0.2, -0.15) is 5.10 Å². The van der Waals surface area contributed by atoms with Crippen molar-refractivity contribution in [3.8, 4) is 11.1 Å². The minimum Gasteiger partial charge on any atom is -0.318 e. The lowest BCUT2D eigenvalue weighted by Gasteiger charge is -2.54. The molecule has 2 unspecified atom stereocenters. The van der Waals surface area contributed by atoms with Gasteiger partial charge in [-0.25, -0.2) is 14.3 Å². The van der Waals surface area contributed by atoms with Crippen LogP contribution in [-0.2, 0) is 0 Å². The van der Waals surface area contributed by atoms with Gasteiger partial charge in [-0.1, -0.05) is 13.0 Å². The Morgan fingerprint density at radius 3 is 2.78 bits per heavy atom. The monoisotopic (exact) mass is 361 g/mol. The van der Waals surface area contributed by atoms with Crippen molar-refractivity contribution in [2.75, 3.05) is 5.32 Å². The molecule has 0 saturated carbocycles. The highest BCUT2D eigenvalue weighted by molar-refractivity contribution is 5.91. The van der Waals surface area contributed by atoms with Gasteiger partial charge in [0.1, 0.15) is 6.33 Å². The molecule has 2 bridgehead atoms.